The second-order valence-corrected chi connectivity index (χ2v) is 4.95. The van der Waals surface area contributed by atoms with Gasteiger partial charge in [0.05, 0.1) is 11.5 Å². The molecule has 0 aliphatic carbocycles. The number of rotatable bonds is 6. The van der Waals surface area contributed by atoms with Gasteiger partial charge in [-0.3, -0.25) is 0 Å². The van der Waals surface area contributed by atoms with Crippen molar-refractivity contribution in [1.29, 1.82) is 5.26 Å². The van der Waals surface area contributed by atoms with Crippen LogP contribution < -0.4 is 5.32 Å². The quantitative estimate of drug-likeness (QED) is 0.725. The van der Waals surface area contributed by atoms with Crippen molar-refractivity contribution in [3.63, 3.8) is 0 Å². The zero-order valence-electron chi connectivity index (χ0n) is 8.82. The Morgan fingerprint density at radius 1 is 1.27 bits per heavy atom. The Morgan fingerprint density at radius 3 is 2.33 bits per heavy atom. The Balaban J connectivity index is 3.38. The van der Waals surface area contributed by atoms with Crippen molar-refractivity contribution in [3.8, 4) is 6.07 Å². The third-order valence-electron chi connectivity index (χ3n) is 1.77. The molecule has 0 spiro atoms. The van der Waals surface area contributed by atoms with Gasteiger partial charge in [0.1, 0.15) is 0 Å². The summed E-state index contributed by atoms with van der Waals surface area (Å²) in [6.45, 7) is 4.49. The fourth-order valence-electron chi connectivity index (χ4n) is 0.821. The van der Waals surface area contributed by atoms with E-state index in [2.05, 4.69) is 11.4 Å². The second kappa shape index (κ2) is 6.23. The van der Waals surface area contributed by atoms with Gasteiger partial charge in [0.2, 0.25) is 0 Å². The van der Waals surface area contributed by atoms with E-state index in [1.54, 1.807) is 13.8 Å². The number of hydrogen-bond acceptors (Lipinski definition) is 3. The molecule has 0 atom stereocenters. The first-order chi connectivity index (χ1) is 6.77. The molecule has 1 N–H and O–H groups in total. The molecule has 0 saturated heterocycles. The minimum absolute atomic E-state index is 0.0104. The number of halogens is 3. The van der Waals surface area contributed by atoms with Gasteiger partial charge in [0.15, 0.2) is 0 Å². The zero-order chi connectivity index (χ0) is 11.9. The summed E-state index contributed by atoms with van der Waals surface area (Å²) < 4.78 is 35.1. The predicted molar refractivity (Wildman–Crippen MR) is 55.4 cm³/mol. The number of thioether (sulfide) groups is 1. The minimum Gasteiger partial charge on any atom is -0.316 e. The molecule has 88 valence electrons. The highest BCUT2D eigenvalue weighted by molar-refractivity contribution is 8.00. The highest BCUT2D eigenvalue weighted by Gasteiger charge is 2.27. The first-order valence-corrected chi connectivity index (χ1v) is 5.58. The van der Waals surface area contributed by atoms with E-state index in [0.717, 1.165) is 0 Å². The molecule has 0 aromatic rings. The monoisotopic (exact) mass is 240 g/mol. The lowest BCUT2D eigenvalue weighted by Crippen LogP contribution is -2.24. The van der Waals surface area contributed by atoms with Crippen LogP contribution in [0.3, 0.4) is 0 Å². The lowest BCUT2D eigenvalue weighted by Gasteiger charge is -2.15. The van der Waals surface area contributed by atoms with Gasteiger partial charge in [-0.1, -0.05) is 0 Å². The van der Waals surface area contributed by atoms with Crippen LogP contribution in [0.1, 0.15) is 20.3 Å². The van der Waals surface area contributed by atoms with Crippen LogP contribution in [0.5, 0.6) is 0 Å². The third kappa shape index (κ3) is 9.88. The summed E-state index contributed by atoms with van der Waals surface area (Å²) in [5.41, 5.74) is -4.56. The van der Waals surface area contributed by atoms with Gasteiger partial charge in [-0.15, -0.1) is 0 Å². The fraction of sp³-hybridized carbons (Fsp3) is 0.889. The van der Waals surface area contributed by atoms with E-state index < -0.39 is 10.9 Å². The van der Waals surface area contributed by atoms with Crippen LogP contribution in [0, 0.1) is 16.7 Å². The Morgan fingerprint density at radius 2 is 1.87 bits per heavy atom. The number of hydrogen-bond donors (Lipinski definition) is 1. The molecule has 0 aromatic heterocycles. The van der Waals surface area contributed by atoms with Crippen LogP contribution in [0.25, 0.3) is 0 Å². The van der Waals surface area contributed by atoms with Gasteiger partial charge < -0.3 is 5.32 Å². The molecule has 2 nitrogen and oxygen atoms in total. The van der Waals surface area contributed by atoms with E-state index in [1.807, 2.05) is 0 Å². The van der Waals surface area contributed by atoms with Crippen LogP contribution in [0.4, 0.5) is 13.2 Å². The van der Waals surface area contributed by atoms with Gasteiger partial charge in [-0.25, -0.2) is 0 Å². The van der Waals surface area contributed by atoms with E-state index in [-0.39, 0.29) is 17.5 Å². The van der Waals surface area contributed by atoms with Crippen LogP contribution >= 0.6 is 11.8 Å². The average molecular weight is 240 g/mol. The number of alkyl halides is 3. The van der Waals surface area contributed by atoms with Crippen LogP contribution in [0.2, 0.25) is 0 Å². The maximum atomic E-state index is 11.7. The molecule has 0 bridgehead atoms. The molecule has 15 heavy (non-hydrogen) atoms. The number of nitrogens with one attached hydrogen (secondary N) is 1. The first-order valence-electron chi connectivity index (χ1n) is 4.59. The SMILES string of the molecule is CC(C)(C#N)CCNCCSC(F)(F)F. The first kappa shape index (κ1) is 14.6. The van der Waals surface area contributed by atoms with Crippen molar-refractivity contribution < 1.29 is 13.2 Å². The maximum Gasteiger partial charge on any atom is 0.441 e. The Labute approximate surface area is 92.2 Å². The summed E-state index contributed by atoms with van der Waals surface area (Å²) in [7, 11) is 0. The summed E-state index contributed by atoms with van der Waals surface area (Å²) in [5, 5.41) is 11.5. The summed E-state index contributed by atoms with van der Waals surface area (Å²) in [5.74, 6) is 0.0104. The van der Waals surface area contributed by atoms with E-state index in [9.17, 15) is 13.2 Å². The highest BCUT2D eigenvalue weighted by atomic mass is 32.2. The van der Waals surface area contributed by atoms with E-state index in [4.69, 9.17) is 5.26 Å². The average Bonchev–Trinajstić information content (AvgIpc) is 2.09. The highest BCUT2D eigenvalue weighted by Crippen LogP contribution is 2.29. The fourth-order valence-corrected chi connectivity index (χ4v) is 1.30. The van der Waals surface area contributed by atoms with Crippen molar-refractivity contribution in [2.75, 3.05) is 18.8 Å². The Bertz CT molecular complexity index is 220. The van der Waals surface area contributed by atoms with Crippen molar-refractivity contribution in [2.24, 2.45) is 5.41 Å². The predicted octanol–water partition coefficient (Wildman–Crippen LogP) is 2.77. The van der Waals surface area contributed by atoms with E-state index >= 15 is 0 Å². The summed E-state index contributed by atoms with van der Waals surface area (Å²) in [6.07, 6.45) is 0.639. The molecule has 0 unspecified atom stereocenters. The van der Waals surface area contributed by atoms with Crippen LogP contribution in [-0.4, -0.2) is 24.4 Å². The summed E-state index contributed by atoms with van der Waals surface area (Å²) in [4.78, 5) is 0. The molecule has 0 aliphatic rings. The van der Waals surface area contributed by atoms with Gasteiger partial charge in [-0.05, 0) is 38.6 Å². The standard InChI is InChI=1S/C9H15F3N2S/c1-8(2,7-13)3-4-14-5-6-15-9(10,11)12/h14H,3-6H2,1-2H3. The van der Waals surface area contributed by atoms with E-state index in [0.29, 0.717) is 19.5 Å². The van der Waals surface area contributed by atoms with Crippen molar-refractivity contribution >= 4 is 11.8 Å². The van der Waals surface area contributed by atoms with Crippen LogP contribution in [0.15, 0.2) is 0 Å². The molecule has 0 heterocycles. The molecule has 0 rings (SSSR count). The third-order valence-corrected chi connectivity index (χ3v) is 2.51. The lowest BCUT2D eigenvalue weighted by molar-refractivity contribution is -0.0327. The lowest BCUT2D eigenvalue weighted by atomic mass is 9.92. The Kier molecular flexibility index (Phi) is 6.06. The zero-order valence-corrected chi connectivity index (χ0v) is 9.63. The normalized spacial score (nSPS) is 12.5. The molecule has 6 heteroatoms. The molecule has 0 aliphatic heterocycles. The number of nitrogens with zero attached hydrogens (tertiary/aromatic N) is 1. The topological polar surface area (TPSA) is 35.8 Å². The molecular formula is C9H15F3N2S. The molecule has 0 fully saturated rings. The minimum atomic E-state index is -4.15. The Hall–Kier alpha value is -0.410. The largest absolute Gasteiger partial charge is 0.441 e. The van der Waals surface area contributed by atoms with Crippen LogP contribution in [-0.2, 0) is 0 Å². The number of nitriles is 1. The summed E-state index contributed by atoms with van der Waals surface area (Å²) in [6, 6.07) is 2.13. The van der Waals surface area contributed by atoms with E-state index in [1.165, 1.54) is 0 Å². The molecule has 0 amide bonds. The van der Waals surface area contributed by atoms with Gasteiger partial charge in [0, 0.05) is 12.3 Å². The van der Waals surface area contributed by atoms with Gasteiger partial charge in [-0.2, -0.15) is 18.4 Å². The van der Waals surface area contributed by atoms with Crippen molar-refractivity contribution in [1.82, 2.24) is 5.32 Å². The second-order valence-electron chi connectivity index (χ2n) is 3.79. The summed E-state index contributed by atoms with van der Waals surface area (Å²) >= 11 is -0.0303. The molecule has 0 radical (unpaired) electrons. The molecule has 0 aromatic carbocycles. The molecular weight excluding hydrogens is 225 g/mol. The van der Waals surface area contributed by atoms with Gasteiger partial charge in [0.25, 0.3) is 0 Å². The van der Waals surface area contributed by atoms with Crippen molar-refractivity contribution in [2.45, 2.75) is 25.8 Å². The smallest absolute Gasteiger partial charge is 0.316 e. The van der Waals surface area contributed by atoms with Crippen molar-refractivity contribution in [3.05, 3.63) is 0 Å². The maximum absolute atomic E-state index is 11.7. The van der Waals surface area contributed by atoms with Gasteiger partial charge >= 0.3 is 5.51 Å². The molecule has 0 saturated carbocycles.